The van der Waals surface area contributed by atoms with Gasteiger partial charge in [0.1, 0.15) is 0 Å². The van der Waals surface area contributed by atoms with Gasteiger partial charge in [-0.1, -0.05) is 59.7 Å². The van der Waals surface area contributed by atoms with E-state index in [0.717, 1.165) is 16.7 Å². The molecule has 0 bridgehead atoms. The van der Waals surface area contributed by atoms with Crippen molar-refractivity contribution in [3.05, 3.63) is 93.9 Å². The fourth-order valence-corrected chi connectivity index (χ4v) is 2.81. The van der Waals surface area contributed by atoms with E-state index in [-0.39, 0.29) is 5.56 Å². The smallest absolute Gasteiger partial charge is 0.250 e. The lowest BCUT2D eigenvalue weighted by Crippen LogP contribution is -2.19. The van der Waals surface area contributed by atoms with Gasteiger partial charge in [0.05, 0.1) is 6.54 Å². The van der Waals surface area contributed by atoms with Crippen LogP contribution in [-0.2, 0) is 6.54 Å². The molecule has 1 heterocycles. The summed E-state index contributed by atoms with van der Waals surface area (Å²) in [6, 6.07) is 20.1. The molecule has 3 aromatic rings. The summed E-state index contributed by atoms with van der Waals surface area (Å²) in [4.78, 5) is 12.1. The van der Waals surface area contributed by atoms with Crippen LogP contribution in [0.5, 0.6) is 0 Å². The largest absolute Gasteiger partial charge is 0.310 e. The quantitative estimate of drug-likeness (QED) is 0.709. The molecule has 1 aromatic heterocycles. The summed E-state index contributed by atoms with van der Waals surface area (Å²) in [5, 5.41) is 0. The summed E-state index contributed by atoms with van der Waals surface area (Å²) in [5.41, 5.74) is 5.81. The maximum Gasteiger partial charge on any atom is 0.250 e. The molecule has 0 radical (unpaired) electrons. The number of hydrogen-bond donors (Lipinski definition) is 0. The van der Waals surface area contributed by atoms with Crippen LogP contribution >= 0.6 is 0 Å². The lowest BCUT2D eigenvalue weighted by molar-refractivity contribution is 0.759. The van der Waals surface area contributed by atoms with Crippen LogP contribution in [0.2, 0.25) is 0 Å². The van der Waals surface area contributed by atoms with Gasteiger partial charge in [0, 0.05) is 12.3 Å². The van der Waals surface area contributed by atoms with Crippen molar-refractivity contribution in [3.63, 3.8) is 0 Å². The van der Waals surface area contributed by atoms with Gasteiger partial charge in [-0.2, -0.15) is 0 Å². The fourth-order valence-electron chi connectivity index (χ4n) is 2.81. The second kappa shape index (κ2) is 6.02. The Kier molecular flexibility index (Phi) is 3.92. The topological polar surface area (TPSA) is 22.0 Å². The van der Waals surface area contributed by atoms with E-state index in [1.807, 2.05) is 30.5 Å². The van der Waals surface area contributed by atoms with Crippen LogP contribution in [0.4, 0.5) is 0 Å². The number of aromatic nitrogens is 1. The lowest BCUT2D eigenvalue weighted by Gasteiger charge is -2.10. The molecule has 2 aromatic carbocycles. The van der Waals surface area contributed by atoms with E-state index in [0.29, 0.717) is 6.54 Å². The fraction of sp³-hybridized carbons (Fsp3) is 0.150. The number of hydrogen-bond acceptors (Lipinski definition) is 1. The maximum atomic E-state index is 12.1. The standard InChI is InChI=1S/C20H19NO/c1-15-10-16(2)12-17(11-15)13-21-14-19(8-9-20(21)22)18-6-4-3-5-7-18/h3-12,14H,13H2,1-2H3. The average molecular weight is 289 g/mol. The molecule has 0 atom stereocenters. The van der Waals surface area contributed by atoms with Gasteiger partial charge in [-0.3, -0.25) is 4.79 Å². The van der Waals surface area contributed by atoms with Gasteiger partial charge >= 0.3 is 0 Å². The van der Waals surface area contributed by atoms with Crippen molar-refractivity contribution in [2.45, 2.75) is 20.4 Å². The van der Waals surface area contributed by atoms with Crippen molar-refractivity contribution < 1.29 is 0 Å². The van der Waals surface area contributed by atoms with Crippen LogP contribution in [-0.4, -0.2) is 4.57 Å². The zero-order valence-electron chi connectivity index (χ0n) is 12.9. The summed E-state index contributed by atoms with van der Waals surface area (Å²) < 4.78 is 1.77. The normalized spacial score (nSPS) is 10.6. The molecule has 0 unspecified atom stereocenters. The Morgan fingerprint density at radius 3 is 2.18 bits per heavy atom. The van der Waals surface area contributed by atoms with E-state index < -0.39 is 0 Å². The molecule has 0 saturated heterocycles. The van der Waals surface area contributed by atoms with Gasteiger partial charge in [0.2, 0.25) is 0 Å². The molecule has 0 aliphatic rings. The number of benzene rings is 2. The lowest BCUT2D eigenvalue weighted by atomic mass is 10.1. The average Bonchev–Trinajstić information content (AvgIpc) is 2.49. The first-order chi connectivity index (χ1) is 10.6. The first-order valence-electron chi connectivity index (χ1n) is 7.45. The Labute approximate surface area is 130 Å². The molecule has 3 rings (SSSR count). The molecule has 2 nitrogen and oxygen atoms in total. The molecule has 0 aliphatic heterocycles. The highest BCUT2D eigenvalue weighted by Crippen LogP contribution is 2.17. The van der Waals surface area contributed by atoms with Gasteiger partial charge in [-0.15, -0.1) is 0 Å². The van der Waals surface area contributed by atoms with E-state index in [1.165, 1.54) is 11.1 Å². The Morgan fingerprint density at radius 2 is 1.50 bits per heavy atom. The van der Waals surface area contributed by atoms with Gasteiger partial charge in [0.15, 0.2) is 0 Å². The zero-order valence-corrected chi connectivity index (χ0v) is 12.9. The molecule has 0 amide bonds. The van der Waals surface area contributed by atoms with Crippen molar-refractivity contribution in [3.8, 4) is 11.1 Å². The summed E-state index contributed by atoms with van der Waals surface area (Å²) in [7, 11) is 0. The summed E-state index contributed by atoms with van der Waals surface area (Å²) in [6.45, 7) is 4.77. The van der Waals surface area contributed by atoms with E-state index in [1.54, 1.807) is 10.6 Å². The van der Waals surface area contributed by atoms with Gasteiger partial charge < -0.3 is 4.57 Å². The molecule has 110 valence electrons. The Balaban J connectivity index is 1.98. The van der Waals surface area contributed by atoms with Gasteiger partial charge in [-0.05, 0) is 36.6 Å². The molecule has 2 heteroatoms. The molecule has 0 saturated carbocycles. The third-order valence-corrected chi connectivity index (χ3v) is 3.72. The van der Waals surface area contributed by atoms with Crippen molar-refractivity contribution in [1.82, 2.24) is 4.57 Å². The summed E-state index contributed by atoms with van der Waals surface area (Å²) in [5.74, 6) is 0. The number of pyridine rings is 1. The maximum absolute atomic E-state index is 12.1. The highest BCUT2D eigenvalue weighted by molar-refractivity contribution is 5.61. The Hall–Kier alpha value is -2.61. The summed E-state index contributed by atoms with van der Waals surface area (Å²) >= 11 is 0. The number of rotatable bonds is 3. The van der Waals surface area contributed by atoms with E-state index in [4.69, 9.17) is 0 Å². The molecular weight excluding hydrogens is 270 g/mol. The number of nitrogens with zero attached hydrogens (tertiary/aromatic N) is 1. The minimum atomic E-state index is 0.0267. The second-order valence-electron chi connectivity index (χ2n) is 5.75. The first-order valence-corrected chi connectivity index (χ1v) is 7.45. The first kappa shape index (κ1) is 14.3. The zero-order chi connectivity index (χ0) is 15.5. The van der Waals surface area contributed by atoms with Crippen LogP contribution < -0.4 is 5.56 Å². The highest BCUT2D eigenvalue weighted by atomic mass is 16.1. The van der Waals surface area contributed by atoms with Crippen molar-refractivity contribution in [2.75, 3.05) is 0 Å². The number of aryl methyl sites for hydroxylation is 2. The van der Waals surface area contributed by atoms with Crippen molar-refractivity contribution >= 4 is 0 Å². The SMILES string of the molecule is Cc1cc(C)cc(Cn2cc(-c3ccccc3)ccc2=O)c1. The molecule has 0 fully saturated rings. The third kappa shape index (κ3) is 3.17. The minimum Gasteiger partial charge on any atom is -0.310 e. The third-order valence-electron chi connectivity index (χ3n) is 3.72. The highest BCUT2D eigenvalue weighted by Gasteiger charge is 2.03. The predicted molar refractivity (Wildman–Crippen MR) is 91.2 cm³/mol. The molecule has 22 heavy (non-hydrogen) atoms. The van der Waals surface area contributed by atoms with Crippen LogP contribution in [0.1, 0.15) is 16.7 Å². The molecular formula is C20H19NO. The van der Waals surface area contributed by atoms with Crippen LogP contribution in [0.3, 0.4) is 0 Å². The van der Waals surface area contributed by atoms with Crippen molar-refractivity contribution in [1.29, 1.82) is 0 Å². The molecule has 0 aliphatic carbocycles. The molecule has 0 N–H and O–H groups in total. The molecule has 0 spiro atoms. The van der Waals surface area contributed by atoms with Gasteiger partial charge in [-0.25, -0.2) is 0 Å². The Morgan fingerprint density at radius 1 is 0.818 bits per heavy atom. The van der Waals surface area contributed by atoms with Crippen LogP contribution in [0.15, 0.2) is 71.7 Å². The van der Waals surface area contributed by atoms with Crippen LogP contribution in [0, 0.1) is 13.8 Å². The van der Waals surface area contributed by atoms with Crippen LogP contribution in [0.25, 0.3) is 11.1 Å². The summed E-state index contributed by atoms with van der Waals surface area (Å²) in [6.07, 6.45) is 1.94. The van der Waals surface area contributed by atoms with Gasteiger partial charge in [0.25, 0.3) is 5.56 Å². The van der Waals surface area contributed by atoms with E-state index in [9.17, 15) is 4.79 Å². The monoisotopic (exact) mass is 289 g/mol. The Bertz CT molecular complexity index is 827. The predicted octanol–water partition coefficient (Wildman–Crippen LogP) is 4.18. The van der Waals surface area contributed by atoms with E-state index >= 15 is 0 Å². The minimum absolute atomic E-state index is 0.0267. The van der Waals surface area contributed by atoms with E-state index in [2.05, 4.69) is 44.2 Å². The van der Waals surface area contributed by atoms with Crippen molar-refractivity contribution in [2.24, 2.45) is 0 Å². The second-order valence-corrected chi connectivity index (χ2v) is 5.75.